The first-order chi connectivity index (χ1) is 14.1. The van der Waals surface area contributed by atoms with Crippen molar-refractivity contribution in [3.05, 3.63) is 51.5 Å². The number of nitrogens with zero attached hydrogens (tertiary/aromatic N) is 1. The lowest BCUT2D eigenvalue weighted by Gasteiger charge is -2.31. The van der Waals surface area contributed by atoms with Gasteiger partial charge in [-0.05, 0) is 80.6 Å². The number of benzene rings is 2. The minimum absolute atomic E-state index is 0.0548. The van der Waals surface area contributed by atoms with Gasteiger partial charge in [0.1, 0.15) is 5.75 Å². The summed E-state index contributed by atoms with van der Waals surface area (Å²) in [5.74, 6) is 0.389. The standard InChI is InChI=1S/C22H27BrN2O4S/c1-14-13-19(5-6-20(14)29-4)30(27,28)25-9-7-17(8-10-25)22(26)24-21-15(2)11-18(23)12-16(21)3/h5-6,11-13,17H,7-10H2,1-4H3,(H,24,26). The molecule has 0 aliphatic carbocycles. The Hall–Kier alpha value is -1.90. The van der Waals surface area contributed by atoms with Crippen molar-refractivity contribution in [1.29, 1.82) is 0 Å². The minimum atomic E-state index is -3.59. The first kappa shape index (κ1) is 22.8. The highest BCUT2D eigenvalue weighted by atomic mass is 79.9. The van der Waals surface area contributed by atoms with Crippen molar-refractivity contribution in [3.63, 3.8) is 0 Å². The Labute approximate surface area is 186 Å². The van der Waals surface area contributed by atoms with Crippen LogP contribution in [0.25, 0.3) is 0 Å². The molecule has 0 saturated carbocycles. The second-order valence-electron chi connectivity index (χ2n) is 7.71. The Morgan fingerprint density at radius 2 is 1.67 bits per heavy atom. The molecule has 0 atom stereocenters. The third-order valence-corrected chi connectivity index (χ3v) is 7.93. The van der Waals surface area contributed by atoms with Gasteiger partial charge in [0.25, 0.3) is 0 Å². The van der Waals surface area contributed by atoms with E-state index in [-0.39, 0.29) is 16.7 Å². The summed E-state index contributed by atoms with van der Waals surface area (Å²) in [7, 11) is -2.04. The molecule has 30 heavy (non-hydrogen) atoms. The fourth-order valence-corrected chi connectivity index (χ4v) is 6.09. The van der Waals surface area contributed by atoms with Gasteiger partial charge in [-0.25, -0.2) is 8.42 Å². The lowest BCUT2D eigenvalue weighted by atomic mass is 9.96. The van der Waals surface area contributed by atoms with Gasteiger partial charge in [0, 0.05) is 29.2 Å². The summed E-state index contributed by atoms with van der Waals surface area (Å²) in [5, 5.41) is 3.04. The number of ether oxygens (including phenoxy) is 1. The van der Waals surface area contributed by atoms with Gasteiger partial charge in [0.05, 0.1) is 12.0 Å². The molecule has 162 valence electrons. The van der Waals surface area contributed by atoms with Crippen LogP contribution in [0.2, 0.25) is 0 Å². The number of rotatable bonds is 5. The molecule has 1 fully saturated rings. The topological polar surface area (TPSA) is 75.7 Å². The Balaban J connectivity index is 1.67. The predicted octanol–water partition coefficient (Wildman–Crippen LogP) is 4.42. The van der Waals surface area contributed by atoms with E-state index in [9.17, 15) is 13.2 Å². The second kappa shape index (κ2) is 9.08. The molecule has 1 saturated heterocycles. The molecule has 2 aromatic rings. The van der Waals surface area contributed by atoms with Crippen LogP contribution in [0, 0.1) is 26.7 Å². The van der Waals surface area contributed by atoms with Crippen molar-refractivity contribution in [2.75, 3.05) is 25.5 Å². The first-order valence-electron chi connectivity index (χ1n) is 9.86. The van der Waals surface area contributed by atoms with Gasteiger partial charge in [0.15, 0.2) is 0 Å². The van der Waals surface area contributed by atoms with Gasteiger partial charge in [-0.2, -0.15) is 4.31 Å². The molecule has 0 radical (unpaired) electrons. The zero-order chi connectivity index (χ0) is 22.1. The maximum Gasteiger partial charge on any atom is 0.243 e. The first-order valence-corrected chi connectivity index (χ1v) is 12.1. The number of carbonyl (C=O) groups excluding carboxylic acids is 1. The van der Waals surface area contributed by atoms with Gasteiger partial charge < -0.3 is 10.1 Å². The molecule has 0 unspecified atom stereocenters. The van der Waals surface area contributed by atoms with Gasteiger partial charge in [-0.3, -0.25) is 4.79 Å². The van der Waals surface area contributed by atoms with Crippen molar-refractivity contribution in [2.45, 2.75) is 38.5 Å². The number of nitrogens with one attached hydrogen (secondary N) is 1. The molecule has 0 spiro atoms. The summed E-state index contributed by atoms with van der Waals surface area (Å²) in [6.45, 7) is 6.38. The third-order valence-electron chi connectivity index (χ3n) is 5.57. The van der Waals surface area contributed by atoms with Crippen LogP contribution in [0.4, 0.5) is 5.69 Å². The monoisotopic (exact) mass is 494 g/mol. The van der Waals surface area contributed by atoms with E-state index in [4.69, 9.17) is 4.74 Å². The lowest BCUT2D eigenvalue weighted by Crippen LogP contribution is -2.41. The molecule has 3 rings (SSSR count). The molecule has 8 heteroatoms. The van der Waals surface area contributed by atoms with Crippen LogP contribution in [-0.2, 0) is 14.8 Å². The molecule has 0 bridgehead atoms. The number of piperidine rings is 1. The summed E-state index contributed by atoms with van der Waals surface area (Å²) >= 11 is 3.46. The average Bonchev–Trinajstić information content (AvgIpc) is 2.70. The van der Waals surface area contributed by atoms with Gasteiger partial charge in [-0.15, -0.1) is 0 Å². The maximum absolute atomic E-state index is 13.0. The number of halogens is 1. The maximum atomic E-state index is 13.0. The van der Waals surface area contributed by atoms with E-state index >= 15 is 0 Å². The number of hydrogen-bond donors (Lipinski definition) is 1. The normalized spacial score (nSPS) is 15.8. The quantitative estimate of drug-likeness (QED) is 0.667. The predicted molar refractivity (Wildman–Crippen MR) is 121 cm³/mol. The van der Waals surface area contributed by atoms with Crippen LogP contribution in [0.15, 0.2) is 39.7 Å². The number of carbonyl (C=O) groups is 1. The average molecular weight is 495 g/mol. The fourth-order valence-electron chi connectivity index (χ4n) is 3.85. The van der Waals surface area contributed by atoms with Crippen molar-refractivity contribution in [3.8, 4) is 5.75 Å². The molecule has 1 heterocycles. The number of anilines is 1. The van der Waals surface area contributed by atoms with Gasteiger partial charge >= 0.3 is 0 Å². The minimum Gasteiger partial charge on any atom is -0.496 e. The smallest absolute Gasteiger partial charge is 0.243 e. The van der Waals surface area contributed by atoms with Crippen molar-refractivity contribution < 1.29 is 17.9 Å². The summed E-state index contributed by atoms with van der Waals surface area (Å²) in [4.78, 5) is 13.0. The zero-order valence-corrected chi connectivity index (χ0v) is 20.1. The van der Waals surface area contributed by atoms with Crippen LogP contribution in [0.3, 0.4) is 0 Å². The largest absolute Gasteiger partial charge is 0.496 e. The zero-order valence-electron chi connectivity index (χ0n) is 17.7. The highest BCUT2D eigenvalue weighted by Crippen LogP contribution is 2.29. The number of sulfonamides is 1. The van der Waals surface area contributed by atoms with E-state index < -0.39 is 10.0 Å². The van der Waals surface area contributed by atoms with E-state index in [2.05, 4.69) is 21.2 Å². The van der Waals surface area contributed by atoms with E-state index in [0.717, 1.165) is 26.9 Å². The number of aryl methyl sites for hydroxylation is 3. The van der Waals surface area contributed by atoms with Gasteiger partial charge in [-0.1, -0.05) is 15.9 Å². The Morgan fingerprint density at radius 3 is 2.20 bits per heavy atom. The Kier molecular flexibility index (Phi) is 6.89. The molecular weight excluding hydrogens is 468 g/mol. The second-order valence-corrected chi connectivity index (χ2v) is 10.6. The van der Waals surface area contributed by atoms with Crippen LogP contribution < -0.4 is 10.1 Å². The number of methoxy groups -OCH3 is 1. The molecular formula is C22H27BrN2O4S. The summed E-state index contributed by atoms with van der Waals surface area (Å²) in [5.41, 5.74) is 3.58. The van der Waals surface area contributed by atoms with E-state index in [1.807, 2.05) is 32.9 Å². The SMILES string of the molecule is COc1ccc(S(=O)(=O)N2CCC(C(=O)Nc3c(C)cc(Br)cc3C)CC2)cc1C. The highest BCUT2D eigenvalue weighted by Gasteiger charge is 2.32. The fraction of sp³-hybridized carbons (Fsp3) is 0.409. The summed E-state index contributed by atoms with van der Waals surface area (Å²) in [6.07, 6.45) is 0.990. The molecule has 0 aromatic heterocycles. The van der Waals surface area contributed by atoms with Crippen molar-refractivity contribution in [2.24, 2.45) is 5.92 Å². The molecule has 6 nitrogen and oxygen atoms in total. The third kappa shape index (κ3) is 4.71. The molecule has 1 aliphatic rings. The summed E-state index contributed by atoms with van der Waals surface area (Å²) < 4.78 is 33.7. The van der Waals surface area contributed by atoms with Gasteiger partial charge in [0.2, 0.25) is 15.9 Å². The Morgan fingerprint density at radius 1 is 1.07 bits per heavy atom. The van der Waals surface area contributed by atoms with Crippen LogP contribution in [0.5, 0.6) is 5.75 Å². The summed E-state index contributed by atoms with van der Waals surface area (Å²) in [6, 6.07) is 8.81. The molecule has 2 aromatic carbocycles. The van der Waals surface area contributed by atoms with Crippen molar-refractivity contribution >= 4 is 37.5 Å². The Bertz CT molecular complexity index is 1040. The molecule has 1 aliphatic heterocycles. The molecule has 1 N–H and O–H groups in total. The van der Waals surface area contributed by atoms with E-state index in [1.54, 1.807) is 25.3 Å². The van der Waals surface area contributed by atoms with Crippen LogP contribution >= 0.6 is 15.9 Å². The molecule has 1 amide bonds. The van der Waals surface area contributed by atoms with E-state index in [1.165, 1.54) is 4.31 Å². The lowest BCUT2D eigenvalue weighted by molar-refractivity contribution is -0.120. The van der Waals surface area contributed by atoms with E-state index in [0.29, 0.717) is 31.7 Å². The highest BCUT2D eigenvalue weighted by molar-refractivity contribution is 9.10. The van der Waals surface area contributed by atoms with Crippen molar-refractivity contribution in [1.82, 2.24) is 4.31 Å². The van der Waals surface area contributed by atoms with Crippen LogP contribution in [0.1, 0.15) is 29.5 Å². The van der Waals surface area contributed by atoms with Crippen LogP contribution in [-0.4, -0.2) is 38.8 Å². The number of amides is 1. The number of hydrogen-bond acceptors (Lipinski definition) is 4.